The van der Waals surface area contributed by atoms with E-state index in [2.05, 4.69) is 130 Å². The summed E-state index contributed by atoms with van der Waals surface area (Å²) in [5.74, 6) is 0.404. The normalized spacial score (nSPS) is 13.4. The lowest BCUT2D eigenvalue weighted by molar-refractivity contribution is 0.446. The summed E-state index contributed by atoms with van der Waals surface area (Å²) >= 11 is 9.78. The van der Waals surface area contributed by atoms with Gasteiger partial charge in [-0.25, -0.2) is 0 Å². The summed E-state index contributed by atoms with van der Waals surface area (Å²) in [5.41, 5.74) is 2.37. The lowest BCUT2D eigenvalue weighted by atomic mass is 9.80. The maximum absolute atomic E-state index is 10.2. The molecule has 0 heterocycles. The smallest absolute Gasteiger partial charge is 0.119 e. The van der Waals surface area contributed by atoms with Gasteiger partial charge >= 0.3 is 0 Å². The van der Waals surface area contributed by atoms with Crippen molar-refractivity contribution in [1.29, 1.82) is 0 Å². The Morgan fingerprint density at radius 3 is 1.79 bits per heavy atom. The first-order chi connectivity index (χ1) is 8.51. The molecule has 0 spiro atoms. The summed E-state index contributed by atoms with van der Waals surface area (Å²) in [4.78, 5) is 0. The molecule has 1 nitrogen and oxygen atoms in total. The Kier molecular flexibility index (Phi) is 7.01. The van der Waals surface area contributed by atoms with Gasteiger partial charge in [0.05, 0.1) is 3.86 Å². The van der Waals surface area contributed by atoms with Gasteiger partial charge in [0.15, 0.2) is 0 Å². The van der Waals surface area contributed by atoms with E-state index < -0.39 is 0 Å². The molecule has 0 atom stereocenters. The molecule has 0 aliphatic carbocycles. The number of hydrogen-bond acceptors (Lipinski definition) is 1. The van der Waals surface area contributed by atoms with Crippen LogP contribution < -0.4 is 0 Å². The summed E-state index contributed by atoms with van der Waals surface area (Å²) in [6.07, 6.45) is 0. The Morgan fingerprint density at radius 2 is 1.37 bits per heavy atom. The van der Waals surface area contributed by atoms with Gasteiger partial charge in [0.1, 0.15) is 5.75 Å². The number of phenolic OH excluding ortho intramolecular Hbond substituents is 1. The third kappa shape index (κ3) is 4.23. The van der Waals surface area contributed by atoms with E-state index in [4.69, 9.17) is 0 Å². The first-order valence-corrected chi connectivity index (χ1v) is 10.9. The SMILES string of the molecule is CC(C)(c1ccc(O)c(C(C)(C)C(I)I)c1)C(I)I. The fourth-order valence-electron chi connectivity index (χ4n) is 1.70. The van der Waals surface area contributed by atoms with E-state index in [0.29, 0.717) is 9.61 Å². The van der Waals surface area contributed by atoms with Gasteiger partial charge in [-0.05, 0) is 11.6 Å². The van der Waals surface area contributed by atoms with Crippen molar-refractivity contribution in [1.82, 2.24) is 0 Å². The molecule has 108 valence electrons. The van der Waals surface area contributed by atoms with Crippen molar-refractivity contribution in [3.63, 3.8) is 0 Å². The summed E-state index contributed by atoms with van der Waals surface area (Å²) in [6.45, 7) is 8.89. The fraction of sp³-hybridized carbons (Fsp3) is 0.571. The van der Waals surface area contributed by atoms with Gasteiger partial charge in [-0.15, -0.1) is 0 Å². The van der Waals surface area contributed by atoms with Gasteiger partial charge < -0.3 is 5.11 Å². The third-order valence-electron chi connectivity index (χ3n) is 3.53. The molecular formula is C14H18I4O. The highest BCUT2D eigenvalue weighted by atomic mass is 127. The molecule has 0 saturated heterocycles. The Bertz CT molecular complexity index is 453. The van der Waals surface area contributed by atoms with E-state index in [9.17, 15) is 5.11 Å². The Labute approximate surface area is 170 Å². The summed E-state index contributed by atoms with van der Waals surface area (Å²) in [6, 6.07) is 6.08. The number of halogens is 4. The molecule has 1 aromatic carbocycles. The molecule has 0 saturated carbocycles. The van der Waals surface area contributed by atoms with Gasteiger partial charge in [-0.1, -0.05) is 130 Å². The molecule has 0 amide bonds. The van der Waals surface area contributed by atoms with Crippen molar-refractivity contribution < 1.29 is 5.11 Å². The van der Waals surface area contributed by atoms with Gasteiger partial charge in [-0.3, -0.25) is 0 Å². The lowest BCUT2D eigenvalue weighted by Crippen LogP contribution is -2.28. The average Bonchev–Trinajstić information content (AvgIpc) is 2.28. The monoisotopic (exact) mass is 710 g/mol. The highest BCUT2D eigenvalue weighted by molar-refractivity contribution is 14.2. The van der Waals surface area contributed by atoms with Crippen LogP contribution in [0.3, 0.4) is 0 Å². The van der Waals surface area contributed by atoms with Crippen LogP contribution >= 0.6 is 90.4 Å². The number of hydrogen-bond donors (Lipinski definition) is 1. The minimum absolute atomic E-state index is 0.0522. The third-order valence-corrected chi connectivity index (χ3v) is 9.75. The van der Waals surface area contributed by atoms with Gasteiger partial charge in [0, 0.05) is 16.4 Å². The van der Waals surface area contributed by atoms with Crippen LogP contribution in [0.5, 0.6) is 5.75 Å². The average molecular weight is 710 g/mol. The minimum atomic E-state index is -0.0522. The summed E-state index contributed by atoms with van der Waals surface area (Å²) in [7, 11) is 0. The Morgan fingerprint density at radius 1 is 0.895 bits per heavy atom. The molecule has 19 heavy (non-hydrogen) atoms. The summed E-state index contributed by atoms with van der Waals surface area (Å²) in [5, 5.41) is 10.2. The fourth-order valence-corrected chi connectivity index (χ4v) is 3.09. The van der Waals surface area contributed by atoms with E-state index in [-0.39, 0.29) is 10.8 Å². The van der Waals surface area contributed by atoms with Crippen LogP contribution in [0, 0.1) is 0 Å². The van der Waals surface area contributed by atoms with E-state index in [0.717, 1.165) is 5.56 Å². The molecule has 1 rings (SSSR count). The minimum Gasteiger partial charge on any atom is -0.508 e. The molecule has 0 unspecified atom stereocenters. The van der Waals surface area contributed by atoms with E-state index in [1.807, 2.05) is 6.07 Å². The number of phenols is 1. The Hall–Kier alpha value is 1.94. The van der Waals surface area contributed by atoms with E-state index in [1.165, 1.54) is 5.56 Å². The molecule has 0 radical (unpaired) electrons. The predicted molar refractivity (Wildman–Crippen MR) is 118 cm³/mol. The van der Waals surface area contributed by atoms with E-state index in [1.54, 1.807) is 0 Å². The number of rotatable bonds is 4. The maximum atomic E-state index is 10.2. The standard InChI is InChI=1S/C14H18I4O/c1-13(2,11(15)16)8-5-6-10(19)9(7-8)14(3,4)12(17)18/h5-7,11-12,19H,1-4H3. The van der Waals surface area contributed by atoms with E-state index >= 15 is 0 Å². The van der Waals surface area contributed by atoms with Crippen molar-refractivity contribution in [2.75, 3.05) is 0 Å². The molecule has 0 aromatic heterocycles. The zero-order chi connectivity index (χ0) is 15.0. The number of benzene rings is 1. The van der Waals surface area contributed by atoms with Crippen LogP contribution in [-0.2, 0) is 10.8 Å². The van der Waals surface area contributed by atoms with Crippen molar-refractivity contribution in [2.24, 2.45) is 0 Å². The second kappa shape index (κ2) is 7.01. The van der Waals surface area contributed by atoms with Crippen LogP contribution in [0.4, 0.5) is 0 Å². The molecular weight excluding hydrogens is 692 g/mol. The van der Waals surface area contributed by atoms with Crippen molar-refractivity contribution in [3.05, 3.63) is 29.3 Å². The first kappa shape index (κ1) is 19.0. The molecule has 1 N–H and O–H groups in total. The second-order valence-electron chi connectivity index (χ2n) is 5.78. The number of alkyl halides is 4. The lowest BCUT2D eigenvalue weighted by Gasteiger charge is -2.32. The second-order valence-corrected chi connectivity index (χ2v) is 15.5. The highest BCUT2D eigenvalue weighted by Crippen LogP contribution is 2.43. The molecule has 0 aliphatic rings. The first-order valence-electron chi connectivity index (χ1n) is 5.91. The van der Waals surface area contributed by atoms with Crippen molar-refractivity contribution in [2.45, 2.75) is 42.4 Å². The van der Waals surface area contributed by atoms with Crippen LogP contribution in [0.25, 0.3) is 0 Å². The zero-order valence-corrected chi connectivity index (χ0v) is 20.0. The van der Waals surface area contributed by atoms with Gasteiger partial charge in [0.25, 0.3) is 0 Å². The maximum Gasteiger partial charge on any atom is 0.119 e. The molecule has 1 aromatic rings. The van der Waals surface area contributed by atoms with Crippen LogP contribution in [-0.4, -0.2) is 8.97 Å². The Balaban J connectivity index is 3.38. The van der Waals surface area contributed by atoms with Crippen molar-refractivity contribution >= 4 is 90.4 Å². The highest BCUT2D eigenvalue weighted by Gasteiger charge is 2.33. The topological polar surface area (TPSA) is 20.2 Å². The number of aromatic hydroxyl groups is 1. The van der Waals surface area contributed by atoms with Crippen LogP contribution in [0.2, 0.25) is 0 Å². The predicted octanol–water partition coefficient (Wildman–Crippen LogP) is 6.34. The molecule has 0 fully saturated rings. The van der Waals surface area contributed by atoms with Gasteiger partial charge in [-0.2, -0.15) is 0 Å². The molecule has 5 heteroatoms. The van der Waals surface area contributed by atoms with Gasteiger partial charge in [0.2, 0.25) is 0 Å². The van der Waals surface area contributed by atoms with Crippen molar-refractivity contribution in [3.8, 4) is 5.75 Å². The molecule has 0 bridgehead atoms. The van der Waals surface area contributed by atoms with Crippen LogP contribution in [0.15, 0.2) is 18.2 Å². The molecule has 0 aliphatic heterocycles. The van der Waals surface area contributed by atoms with Crippen LogP contribution in [0.1, 0.15) is 38.8 Å². The largest absolute Gasteiger partial charge is 0.508 e. The quantitative estimate of drug-likeness (QED) is 0.286. The summed E-state index contributed by atoms with van der Waals surface area (Å²) < 4.78 is 0.917. The zero-order valence-electron chi connectivity index (χ0n) is 11.3.